The van der Waals surface area contributed by atoms with Crippen molar-refractivity contribution in [3.05, 3.63) is 0 Å². The summed E-state index contributed by atoms with van der Waals surface area (Å²) in [4.78, 5) is 13.1. The lowest BCUT2D eigenvalue weighted by Gasteiger charge is -2.31. The Kier molecular flexibility index (Phi) is 4.35. The third-order valence-electron chi connectivity index (χ3n) is 2.86. The van der Waals surface area contributed by atoms with Crippen molar-refractivity contribution >= 4 is 5.91 Å². The number of primary amides is 1. The second-order valence-corrected chi connectivity index (χ2v) is 4.35. The van der Waals surface area contributed by atoms with Crippen molar-refractivity contribution in [1.29, 1.82) is 0 Å². The number of amides is 1. The summed E-state index contributed by atoms with van der Waals surface area (Å²) < 4.78 is 0. The van der Waals surface area contributed by atoms with Crippen LogP contribution in [0, 0.1) is 5.92 Å². The number of rotatable bonds is 4. The van der Waals surface area contributed by atoms with Crippen LogP contribution in [0.1, 0.15) is 26.2 Å². The summed E-state index contributed by atoms with van der Waals surface area (Å²) in [5, 5.41) is 0. The van der Waals surface area contributed by atoms with Crippen molar-refractivity contribution < 1.29 is 4.79 Å². The van der Waals surface area contributed by atoms with E-state index < -0.39 is 11.9 Å². The van der Waals surface area contributed by atoms with Crippen molar-refractivity contribution in [2.24, 2.45) is 17.4 Å². The molecule has 0 spiro atoms. The number of likely N-dealkylation sites (tertiary alicyclic amines) is 1. The molecule has 1 saturated heterocycles. The molecule has 1 heterocycles. The molecule has 2 atom stereocenters. The van der Waals surface area contributed by atoms with E-state index in [0.29, 0.717) is 6.42 Å². The van der Waals surface area contributed by atoms with Crippen LogP contribution >= 0.6 is 0 Å². The Hall–Kier alpha value is -0.610. The number of nitrogens with two attached hydrogens (primary N) is 2. The molecular weight excluding hydrogens is 178 g/mol. The first-order chi connectivity index (χ1) is 6.59. The molecule has 2 unspecified atom stereocenters. The van der Waals surface area contributed by atoms with E-state index in [-0.39, 0.29) is 0 Å². The minimum atomic E-state index is -0.479. The van der Waals surface area contributed by atoms with Gasteiger partial charge in [0.2, 0.25) is 5.91 Å². The molecule has 14 heavy (non-hydrogen) atoms. The van der Waals surface area contributed by atoms with Crippen LogP contribution in [-0.4, -0.2) is 36.5 Å². The maximum absolute atomic E-state index is 10.7. The highest BCUT2D eigenvalue weighted by Gasteiger charge is 2.17. The highest BCUT2D eigenvalue weighted by Crippen LogP contribution is 2.15. The minimum Gasteiger partial charge on any atom is -0.368 e. The Balaban J connectivity index is 2.20. The smallest absolute Gasteiger partial charge is 0.234 e. The van der Waals surface area contributed by atoms with E-state index in [2.05, 4.69) is 11.8 Å². The lowest BCUT2D eigenvalue weighted by Crippen LogP contribution is -2.41. The average molecular weight is 199 g/mol. The molecule has 0 radical (unpaired) electrons. The molecule has 0 aromatic carbocycles. The molecule has 4 heteroatoms. The monoisotopic (exact) mass is 199 g/mol. The van der Waals surface area contributed by atoms with E-state index in [9.17, 15) is 4.79 Å². The van der Waals surface area contributed by atoms with Crippen LogP contribution in [0.2, 0.25) is 0 Å². The molecule has 1 aliphatic heterocycles. The SMILES string of the molecule is CC1CCCN(CCC(N)C(N)=O)C1. The summed E-state index contributed by atoms with van der Waals surface area (Å²) in [6.45, 7) is 5.43. The number of carbonyl (C=O) groups excluding carboxylic acids is 1. The number of hydrogen-bond donors (Lipinski definition) is 2. The number of hydrogen-bond acceptors (Lipinski definition) is 3. The maximum Gasteiger partial charge on any atom is 0.234 e. The molecule has 4 nitrogen and oxygen atoms in total. The topological polar surface area (TPSA) is 72.3 Å². The van der Waals surface area contributed by atoms with Gasteiger partial charge in [0, 0.05) is 13.1 Å². The summed E-state index contributed by atoms with van der Waals surface area (Å²) in [5.41, 5.74) is 10.7. The zero-order valence-corrected chi connectivity index (χ0v) is 8.91. The van der Waals surface area contributed by atoms with Crippen molar-refractivity contribution in [2.45, 2.75) is 32.2 Å². The Morgan fingerprint density at radius 2 is 2.36 bits per heavy atom. The fourth-order valence-electron chi connectivity index (χ4n) is 1.95. The molecule has 0 aromatic rings. The quantitative estimate of drug-likeness (QED) is 0.665. The van der Waals surface area contributed by atoms with Gasteiger partial charge < -0.3 is 16.4 Å². The van der Waals surface area contributed by atoms with E-state index in [0.717, 1.165) is 25.6 Å². The Morgan fingerprint density at radius 3 is 2.93 bits per heavy atom. The van der Waals surface area contributed by atoms with E-state index in [4.69, 9.17) is 11.5 Å². The lowest BCUT2D eigenvalue weighted by molar-refractivity contribution is -0.119. The lowest BCUT2D eigenvalue weighted by atomic mass is 10.00. The van der Waals surface area contributed by atoms with Gasteiger partial charge in [-0.1, -0.05) is 6.92 Å². The Morgan fingerprint density at radius 1 is 1.64 bits per heavy atom. The third kappa shape index (κ3) is 3.64. The van der Waals surface area contributed by atoms with Crippen LogP contribution in [0.4, 0.5) is 0 Å². The number of piperidine rings is 1. The molecule has 1 aliphatic rings. The third-order valence-corrected chi connectivity index (χ3v) is 2.86. The first-order valence-electron chi connectivity index (χ1n) is 5.37. The van der Waals surface area contributed by atoms with Crippen LogP contribution in [0.5, 0.6) is 0 Å². The van der Waals surface area contributed by atoms with E-state index in [1.165, 1.54) is 12.8 Å². The molecule has 0 aliphatic carbocycles. The predicted octanol–water partition coefficient (Wildman–Crippen LogP) is -0.0790. The van der Waals surface area contributed by atoms with Gasteiger partial charge in [-0.25, -0.2) is 0 Å². The zero-order valence-electron chi connectivity index (χ0n) is 8.91. The van der Waals surface area contributed by atoms with Crippen molar-refractivity contribution in [1.82, 2.24) is 4.90 Å². The normalized spacial score (nSPS) is 26.0. The molecule has 1 rings (SSSR count). The molecule has 0 saturated carbocycles. The predicted molar refractivity (Wildman–Crippen MR) is 56.6 cm³/mol. The Labute approximate surface area is 85.6 Å². The van der Waals surface area contributed by atoms with Gasteiger partial charge in [0.25, 0.3) is 0 Å². The minimum absolute atomic E-state index is 0.393. The molecule has 1 fully saturated rings. The van der Waals surface area contributed by atoms with E-state index in [1.807, 2.05) is 0 Å². The van der Waals surface area contributed by atoms with Gasteiger partial charge in [0.1, 0.15) is 0 Å². The van der Waals surface area contributed by atoms with Crippen LogP contribution < -0.4 is 11.5 Å². The van der Waals surface area contributed by atoms with E-state index in [1.54, 1.807) is 0 Å². The van der Waals surface area contributed by atoms with Crippen molar-refractivity contribution in [2.75, 3.05) is 19.6 Å². The fourth-order valence-corrected chi connectivity index (χ4v) is 1.95. The molecule has 0 bridgehead atoms. The summed E-state index contributed by atoms with van der Waals surface area (Å²) >= 11 is 0. The standard InChI is InChI=1S/C10H21N3O/c1-8-3-2-5-13(7-8)6-4-9(11)10(12)14/h8-9H,2-7,11H2,1H3,(H2,12,14). The summed E-state index contributed by atoms with van der Waals surface area (Å²) in [6.07, 6.45) is 3.26. The molecule has 0 aromatic heterocycles. The van der Waals surface area contributed by atoms with Crippen LogP contribution in [0.15, 0.2) is 0 Å². The summed E-state index contributed by atoms with van der Waals surface area (Å²) in [7, 11) is 0. The number of nitrogens with zero attached hydrogens (tertiary/aromatic N) is 1. The summed E-state index contributed by atoms with van der Waals surface area (Å²) in [5.74, 6) is 0.378. The first-order valence-corrected chi connectivity index (χ1v) is 5.37. The van der Waals surface area contributed by atoms with E-state index >= 15 is 0 Å². The highest BCUT2D eigenvalue weighted by molar-refractivity contribution is 5.79. The van der Waals surface area contributed by atoms with Crippen LogP contribution in [-0.2, 0) is 4.79 Å². The van der Waals surface area contributed by atoms with Gasteiger partial charge in [0.15, 0.2) is 0 Å². The van der Waals surface area contributed by atoms with Crippen LogP contribution in [0.25, 0.3) is 0 Å². The second kappa shape index (κ2) is 5.32. The van der Waals surface area contributed by atoms with Crippen LogP contribution in [0.3, 0.4) is 0 Å². The second-order valence-electron chi connectivity index (χ2n) is 4.35. The Bertz CT molecular complexity index is 196. The average Bonchev–Trinajstić information content (AvgIpc) is 2.14. The molecule has 1 amide bonds. The van der Waals surface area contributed by atoms with Gasteiger partial charge in [-0.2, -0.15) is 0 Å². The molecule has 82 valence electrons. The van der Waals surface area contributed by atoms with Gasteiger partial charge in [-0.15, -0.1) is 0 Å². The van der Waals surface area contributed by atoms with Gasteiger partial charge in [0.05, 0.1) is 6.04 Å². The van der Waals surface area contributed by atoms with Gasteiger partial charge in [-0.05, 0) is 31.7 Å². The van der Waals surface area contributed by atoms with Gasteiger partial charge >= 0.3 is 0 Å². The van der Waals surface area contributed by atoms with Crippen molar-refractivity contribution in [3.63, 3.8) is 0 Å². The first kappa shape index (κ1) is 11.5. The number of carbonyl (C=O) groups is 1. The van der Waals surface area contributed by atoms with Gasteiger partial charge in [-0.3, -0.25) is 4.79 Å². The molecule has 4 N–H and O–H groups in total. The summed E-state index contributed by atoms with van der Waals surface area (Å²) in [6, 6.07) is -0.479. The maximum atomic E-state index is 10.7. The van der Waals surface area contributed by atoms with Crippen molar-refractivity contribution in [3.8, 4) is 0 Å². The largest absolute Gasteiger partial charge is 0.368 e. The zero-order chi connectivity index (χ0) is 10.6. The fraction of sp³-hybridized carbons (Fsp3) is 0.900. The molecular formula is C10H21N3O. The highest BCUT2D eigenvalue weighted by atomic mass is 16.1.